The van der Waals surface area contributed by atoms with E-state index in [9.17, 15) is 41.3 Å². The Kier molecular flexibility index (Phi) is 4.26. The second-order valence-electron chi connectivity index (χ2n) is 3.99. The van der Waals surface area contributed by atoms with E-state index in [1.54, 1.807) is 0 Å². The minimum atomic E-state index is -5.43. The van der Waals surface area contributed by atoms with Crippen LogP contribution in [-0.4, -0.2) is 23.2 Å². The third-order valence-corrected chi connectivity index (χ3v) is 2.54. The van der Waals surface area contributed by atoms with Gasteiger partial charge in [0.05, 0.1) is 16.1 Å². The predicted molar refractivity (Wildman–Crippen MR) is 59.5 cm³/mol. The van der Waals surface area contributed by atoms with Crippen LogP contribution in [0, 0.1) is 10.1 Å². The summed E-state index contributed by atoms with van der Waals surface area (Å²) in [6.45, 7) is 0. The highest BCUT2D eigenvalue weighted by Gasteiger charge is 2.43. The fourth-order valence-corrected chi connectivity index (χ4v) is 1.59. The third-order valence-electron chi connectivity index (χ3n) is 2.54. The monoisotopic (exact) mass is 332 g/mol. The largest absolute Gasteiger partial charge is 0.465 e. The molecule has 122 valence electrons. The summed E-state index contributed by atoms with van der Waals surface area (Å²) in [7, 11) is 0.549. The quantitative estimate of drug-likeness (QED) is 0.508. The van der Waals surface area contributed by atoms with Crippen LogP contribution in [0.3, 0.4) is 0 Å². The van der Waals surface area contributed by atoms with E-state index in [1.807, 2.05) is 0 Å². The Hall–Kier alpha value is -2.53. The molecule has 0 spiro atoms. The maximum Gasteiger partial charge on any atom is 0.418 e. The Balaban J connectivity index is 3.87. The van der Waals surface area contributed by atoms with E-state index in [2.05, 4.69) is 0 Å². The first kappa shape index (κ1) is 17.5. The van der Waals surface area contributed by atoms with Crippen molar-refractivity contribution in [3.63, 3.8) is 0 Å². The van der Waals surface area contributed by atoms with Gasteiger partial charge in [0.1, 0.15) is 5.69 Å². The van der Waals surface area contributed by atoms with Crippen LogP contribution in [0.2, 0.25) is 0 Å². The summed E-state index contributed by atoms with van der Waals surface area (Å²) >= 11 is 0. The first-order valence-corrected chi connectivity index (χ1v) is 5.20. The third kappa shape index (κ3) is 3.38. The number of alkyl halides is 6. The molecule has 1 N–H and O–H groups in total. The average molecular weight is 332 g/mol. The molecule has 0 heterocycles. The number of carboxylic acid groups (broad SMARTS) is 1. The van der Waals surface area contributed by atoms with Crippen molar-refractivity contribution >= 4 is 17.5 Å². The first-order valence-electron chi connectivity index (χ1n) is 5.20. The van der Waals surface area contributed by atoms with Crippen LogP contribution in [-0.2, 0) is 12.4 Å². The van der Waals surface area contributed by atoms with Crippen LogP contribution < -0.4 is 4.90 Å². The Morgan fingerprint density at radius 2 is 1.68 bits per heavy atom. The highest BCUT2D eigenvalue weighted by atomic mass is 19.4. The Labute approximate surface area is 117 Å². The molecule has 0 unspecified atom stereocenters. The van der Waals surface area contributed by atoms with Gasteiger partial charge in [-0.2, -0.15) is 26.3 Å². The SMILES string of the molecule is CN(C(=O)O)c1c([N+](=O)[O-])cc(C(F)(F)F)cc1C(F)(F)F. The summed E-state index contributed by atoms with van der Waals surface area (Å²) < 4.78 is 76.3. The summed E-state index contributed by atoms with van der Waals surface area (Å²) in [6, 6.07) is -0.522. The van der Waals surface area contributed by atoms with Crippen molar-refractivity contribution in [2.45, 2.75) is 12.4 Å². The van der Waals surface area contributed by atoms with E-state index >= 15 is 0 Å². The molecule has 12 heteroatoms. The van der Waals surface area contributed by atoms with Gasteiger partial charge in [0.25, 0.3) is 5.69 Å². The number of nitrogens with zero attached hydrogens (tertiary/aromatic N) is 2. The molecule has 0 aliphatic carbocycles. The fraction of sp³-hybridized carbons (Fsp3) is 0.300. The lowest BCUT2D eigenvalue weighted by Crippen LogP contribution is -2.28. The molecule has 1 aromatic rings. The molecule has 0 atom stereocenters. The minimum absolute atomic E-state index is 0.149. The summed E-state index contributed by atoms with van der Waals surface area (Å²) in [5, 5.41) is 19.4. The number of anilines is 1. The van der Waals surface area contributed by atoms with Crippen molar-refractivity contribution in [2.75, 3.05) is 11.9 Å². The fourth-order valence-electron chi connectivity index (χ4n) is 1.59. The zero-order valence-corrected chi connectivity index (χ0v) is 10.5. The zero-order chi connectivity index (χ0) is 17.5. The lowest BCUT2D eigenvalue weighted by Gasteiger charge is -2.20. The van der Waals surface area contributed by atoms with Crippen LogP contribution in [0.4, 0.5) is 42.5 Å². The standard InChI is InChI=1S/C10H6F6N2O4/c1-17(8(19)20)7-5(10(14,15)16)2-4(9(11,12)13)3-6(7)18(21)22/h2-3H,1H3,(H,19,20). The lowest BCUT2D eigenvalue weighted by molar-refractivity contribution is -0.384. The molecule has 1 aromatic carbocycles. The molecule has 0 saturated heterocycles. The van der Waals surface area contributed by atoms with E-state index in [0.717, 1.165) is 0 Å². The van der Waals surface area contributed by atoms with E-state index in [-0.39, 0.29) is 17.0 Å². The van der Waals surface area contributed by atoms with Crippen LogP contribution in [0.5, 0.6) is 0 Å². The van der Waals surface area contributed by atoms with E-state index in [1.165, 1.54) is 0 Å². The van der Waals surface area contributed by atoms with Crippen molar-refractivity contribution in [3.8, 4) is 0 Å². The van der Waals surface area contributed by atoms with Crippen molar-refractivity contribution in [1.82, 2.24) is 0 Å². The lowest BCUT2D eigenvalue weighted by atomic mass is 10.0. The van der Waals surface area contributed by atoms with E-state index in [0.29, 0.717) is 7.05 Å². The first-order chi connectivity index (χ1) is 9.76. The van der Waals surface area contributed by atoms with Crippen molar-refractivity contribution in [2.24, 2.45) is 0 Å². The number of amides is 1. The molecule has 0 fully saturated rings. The van der Waals surface area contributed by atoms with Gasteiger partial charge in [-0.05, 0) is 6.07 Å². The minimum Gasteiger partial charge on any atom is -0.465 e. The normalized spacial score (nSPS) is 12.1. The van der Waals surface area contributed by atoms with Gasteiger partial charge in [-0.15, -0.1) is 0 Å². The van der Waals surface area contributed by atoms with Gasteiger partial charge in [0.2, 0.25) is 0 Å². The van der Waals surface area contributed by atoms with Gasteiger partial charge < -0.3 is 5.11 Å². The van der Waals surface area contributed by atoms with Gasteiger partial charge in [0.15, 0.2) is 0 Å². The molecule has 0 aliphatic heterocycles. The highest BCUT2D eigenvalue weighted by Crippen LogP contribution is 2.45. The van der Waals surface area contributed by atoms with Gasteiger partial charge in [0, 0.05) is 13.1 Å². The molecule has 0 aromatic heterocycles. The van der Waals surface area contributed by atoms with Crippen LogP contribution >= 0.6 is 0 Å². The molecule has 0 aliphatic rings. The summed E-state index contributed by atoms with van der Waals surface area (Å²) in [4.78, 5) is 19.8. The number of hydrogen-bond acceptors (Lipinski definition) is 3. The molecule has 0 radical (unpaired) electrons. The number of carbonyl (C=O) groups is 1. The number of rotatable bonds is 2. The number of halogens is 6. The van der Waals surface area contributed by atoms with Crippen LogP contribution in [0.25, 0.3) is 0 Å². The maximum absolute atomic E-state index is 12.9. The Morgan fingerprint density at radius 1 is 1.18 bits per heavy atom. The molecular weight excluding hydrogens is 326 g/mol. The number of benzene rings is 1. The van der Waals surface area contributed by atoms with Crippen molar-refractivity contribution in [3.05, 3.63) is 33.4 Å². The van der Waals surface area contributed by atoms with Gasteiger partial charge >= 0.3 is 18.4 Å². The molecule has 6 nitrogen and oxygen atoms in total. The molecular formula is C10H6F6N2O4. The Morgan fingerprint density at radius 3 is 2.00 bits per heavy atom. The Bertz CT molecular complexity index is 625. The average Bonchev–Trinajstić information content (AvgIpc) is 2.33. The number of hydrogen-bond donors (Lipinski definition) is 1. The van der Waals surface area contributed by atoms with Gasteiger partial charge in [-0.1, -0.05) is 0 Å². The van der Waals surface area contributed by atoms with Crippen molar-refractivity contribution < 1.29 is 41.2 Å². The topological polar surface area (TPSA) is 83.7 Å². The highest BCUT2D eigenvalue weighted by molar-refractivity contribution is 5.90. The van der Waals surface area contributed by atoms with Crippen LogP contribution in [0.1, 0.15) is 11.1 Å². The van der Waals surface area contributed by atoms with E-state index in [4.69, 9.17) is 5.11 Å². The zero-order valence-electron chi connectivity index (χ0n) is 10.5. The number of nitro groups is 1. The summed E-state index contributed by atoms with van der Waals surface area (Å²) in [5.41, 5.74) is -7.09. The van der Waals surface area contributed by atoms with Gasteiger partial charge in [-0.25, -0.2) is 4.79 Å². The molecule has 22 heavy (non-hydrogen) atoms. The molecule has 0 bridgehead atoms. The molecule has 1 amide bonds. The van der Waals surface area contributed by atoms with Crippen molar-refractivity contribution in [1.29, 1.82) is 0 Å². The second-order valence-corrected chi connectivity index (χ2v) is 3.99. The maximum atomic E-state index is 12.9. The van der Waals surface area contributed by atoms with Crippen LogP contribution in [0.15, 0.2) is 12.1 Å². The smallest absolute Gasteiger partial charge is 0.418 e. The number of nitro benzene ring substituents is 1. The summed E-state index contributed by atoms with van der Waals surface area (Å²) in [6.07, 6.45) is -12.7. The molecule has 0 saturated carbocycles. The predicted octanol–water partition coefficient (Wildman–Crippen LogP) is 3.75. The van der Waals surface area contributed by atoms with E-state index < -0.39 is 45.9 Å². The van der Waals surface area contributed by atoms with Gasteiger partial charge in [-0.3, -0.25) is 15.0 Å². The second kappa shape index (κ2) is 5.35. The molecule has 1 rings (SSSR count). The summed E-state index contributed by atoms with van der Waals surface area (Å²) in [5.74, 6) is 0.